The van der Waals surface area contributed by atoms with E-state index >= 15 is 0 Å². The number of rotatable bonds is 3. The first-order chi connectivity index (χ1) is 12.1. The predicted octanol–water partition coefficient (Wildman–Crippen LogP) is 1.88. The molecule has 3 heterocycles. The Bertz CT molecular complexity index is 801. The fourth-order valence-corrected chi connectivity index (χ4v) is 3.40. The Morgan fingerprint density at radius 2 is 2.08 bits per heavy atom. The van der Waals surface area contributed by atoms with Crippen LogP contribution in [0.2, 0.25) is 0 Å². The van der Waals surface area contributed by atoms with Crippen LogP contribution in [0, 0.1) is 6.92 Å². The van der Waals surface area contributed by atoms with Crippen molar-refractivity contribution in [1.82, 2.24) is 20.4 Å². The van der Waals surface area contributed by atoms with E-state index in [0.29, 0.717) is 36.9 Å². The van der Waals surface area contributed by atoms with E-state index in [9.17, 15) is 9.59 Å². The lowest BCUT2D eigenvalue weighted by Crippen LogP contribution is -2.31. The second-order valence-electron chi connectivity index (χ2n) is 6.26. The normalized spacial score (nSPS) is 20.2. The van der Waals surface area contributed by atoms with Crippen LogP contribution in [0.3, 0.4) is 0 Å². The van der Waals surface area contributed by atoms with Crippen molar-refractivity contribution in [1.29, 1.82) is 0 Å². The van der Waals surface area contributed by atoms with Crippen molar-refractivity contribution in [3.8, 4) is 0 Å². The Kier molecular flexibility index (Phi) is 3.87. The molecule has 1 aromatic heterocycles. The molecule has 2 aliphatic heterocycles. The van der Waals surface area contributed by atoms with E-state index in [0.717, 1.165) is 18.5 Å². The number of likely N-dealkylation sites (tertiary alicyclic amines) is 1. The van der Waals surface area contributed by atoms with Gasteiger partial charge in [0.2, 0.25) is 5.89 Å². The maximum Gasteiger partial charge on any atom is 0.321 e. The third kappa shape index (κ3) is 2.84. The van der Waals surface area contributed by atoms with Crippen molar-refractivity contribution in [2.75, 3.05) is 24.5 Å². The maximum atomic E-state index is 12.9. The first kappa shape index (κ1) is 15.6. The van der Waals surface area contributed by atoms with Crippen molar-refractivity contribution in [2.24, 2.45) is 0 Å². The van der Waals surface area contributed by atoms with Crippen molar-refractivity contribution in [3.63, 3.8) is 0 Å². The molecule has 1 aromatic carbocycles. The van der Waals surface area contributed by atoms with Crippen LogP contribution >= 0.6 is 0 Å². The third-order valence-electron chi connectivity index (χ3n) is 4.64. The van der Waals surface area contributed by atoms with Crippen LogP contribution in [0.4, 0.5) is 10.5 Å². The molecule has 0 bridgehead atoms. The highest BCUT2D eigenvalue weighted by Crippen LogP contribution is 2.31. The number of nitrogens with one attached hydrogen (secondary N) is 1. The summed E-state index contributed by atoms with van der Waals surface area (Å²) in [4.78, 5) is 32.3. The highest BCUT2D eigenvalue weighted by molar-refractivity contribution is 5.97. The van der Waals surface area contributed by atoms with E-state index in [1.807, 2.05) is 12.1 Å². The van der Waals surface area contributed by atoms with Crippen LogP contribution in [0.1, 0.15) is 41.0 Å². The molecule has 2 aliphatic rings. The summed E-state index contributed by atoms with van der Waals surface area (Å²) in [6, 6.07) is 6.89. The number of hydrogen-bond acceptors (Lipinski definition) is 5. The molecule has 4 rings (SSSR count). The fraction of sp³-hybridized carbons (Fsp3) is 0.412. The molecule has 130 valence electrons. The van der Waals surface area contributed by atoms with E-state index in [1.54, 1.807) is 28.9 Å². The van der Waals surface area contributed by atoms with E-state index in [2.05, 4.69) is 15.5 Å². The molecule has 8 heteroatoms. The van der Waals surface area contributed by atoms with E-state index < -0.39 is 0 Å². The number of urea groups is 1. The number of amides is 3. The molecule has 0 saturated carbocycles. The van der Waals surface area contributed by atoms with Gasteiger partial charge in [-0.25, -0.2) is 4.79 Å². The molecule has 0 radical (unpaired) electrons. The highest BCUT2D eigenvalue weighted by Gasteiger charge is 2.33. The zero-order valence-electron chi connectivity index (χ0n) is 13.9. The number of aryl methyl sites for hydroxylation is 1. The van der Waals surface area contributed by atoms with Crippen LogP contribution in [0.25, 0.3) is 0 Å². The average Bonchev–Trinajstić information content (AvgIpc) is 3.34. The molecule has 25 heavy (non-hydrogen) atoms. The van der Waals surface area contributed by atoms with Crippen molar-refractivity contribution >= 4 is 17.6 Å². The van der Waals surface area contributed by atoms with Crippen molar-refractivity contribution in [2.45, 2.75) is 25.8 Å². The van der Waals surface area contributed by atoms with Gasteiger partial charge in [-0.05, 0) is 37.1 Å². The van der Waals surface area contributed by atoms with Gasteiger partial charge in [-0.15, -0.1) is 0 Å². The lowest BCUT2D eigenvalue weighted by Gasteiger charge is -2.22. The Labute approximate surface area is 144 Å². The van der Waals surface area contributed by atoms with Crippen LogP contribution in [0.15, 0.2) is 28.8 Å². The highest BCUT2D eigenvalue weighted by atomic mass is 16.5. The zero-order chi connectivity index (χ0) is 17.4. The summed E-state index contributed by atoms with van der Waals surface area (Å²) in [5.74, 6) is 1.01. The van der Waals surface area contributed by atoms with Gasteiger partial charge in [0, 0.05) is 37.8 Å². The topological polar surface area (TPSA) is 91.6 Å². The van der Waals surface area contributed by atoms with Crippen molar-refractivity contribution in [3.05, 3.63) is 41.5 Å². The minimum atomic E-state index is -0.144. The second kappa shape index (κ2) is 6.19. The number of aromatic nitrogens is 2. The largest absolute Gasteiger partial charge is 0.340 e. The van der Waals surface area contributed by atoms with Gasteiger partial charge in [-0.2, -0.15) is 4.98 Å². The molecule has 2 fully saturated rings. The van der Waals surface area contributed by atoms with Crippen LogP contribution in [-0.2, 0) is 0 Å². The molecule has 8 nitrogen and oxygen atoms in total. The van der Waals surface area contributed by atoms with Crippen molar-refractivity contribution < 1.29 is 14.1 Å². The van der Waals surface area contributed by atoms with Crippen LogP contribution < -0.4 is 10.2 Å². The minimum Gasteiger partial charge on any atom is -0.340 e. The number of benzene rings is 1. The molecule has 0 unspecified atom stereocenters. The zero-order valence-corrected chi connectivity index (χ0v) is 13.9. The molecule has 3 amide bonds. The molecule has 1 atom stereocenters. The number of nitrogens with zero attached hydrogens (tertiary/aromatic N) is 4. The summed E-state index contributed by atoms with van der Waals surface area (Å²) in [7, 11) is 0. The molecular weight excluding hydrogens is 322 g/mol. The average molecular weight is 341 g/mol. The second-order valence-corrected chi connectivity index (χ2v) is 6.26. The summed E-state index contributed by atoms with van der Waals surface area (Å²) in [5, 5.41) is 6.73. The quantitative estimate of drug-likeness (QED) is 0.920. The number of hydrogen-bond donors (Lipinski definition) is 1. The summed E-state index contributed by atoms with van der Waals surface area (Å²) in [6.07, 6.45) is 1.74. The van der Waals surface area contributed by atoms with Gasteiger partial charge in [0.05, 0.1) is 6.04 Å². The first-order valence-electron chi connectivity index (χ1n) is 8.40. The maximum absolute atomic E-state index is 12.9. The predicted molar refractivity (Wildman–Crippen MR) is 89.2 cm³/mol. The Hall–Kier alpha value is -2.90. The SMILES string of the molecule is Cc1nc([C@@H]2CCCN2C(=O)c2ccc(N3CCNC3=O)cc2)no1. The number of carbonyl (C=O) groups excluding carboxylic acids is 2. The minimum absolute atomic E-state index is 0.0534. The molecule has 2 aromatic rings. The van der Waals surface area contributed by atoms with Crippen LogP contribution in [0.5, 0.6) is 0 Å². The van der Waals surface area contributed by atoms with Gasteiger partial charge in [0.25, 0.3) is 5.91 Å². The molecular formula is C17H19N5O3. The standard InChI is InChI=1S/C17H19N5O3/c1-11-19-15(20-25-11)14-3-2-9-22(14)16(23)12-4-6-13(7-5-12)21-10-8-18-17(21)24/h4-7,14H,2-3,8-10H2,1H3,(H,18,24)/t14-/m0/s1. The molecule has 0 spiro atoms. The molecule has 2 saturated heterocycles. The molecule has 1 N–H and O–H groups in total. The van der Waals surface area contributed by atoms with E-state index in [1.165, 1.54) is 0 Å². The smallest absolute Gasteiger partial charge is 0.321 e. The Morgan fingerprint density at radius 3 is 2.72 bits per heavy atom. The Balaban J connectivity index is 1.53. The summed E-state index contributed by atoms with van der Waals surface area (Å²) >= 11 is 0. The lowest BCUT2D eigenvalue weighted by atomic mass is 10.1. The number of carbonyl (C=O) groups is 2. The summed E-state index contributed by atoms with van der Waals surface area (Å²) in [5.41, 5.74) is 1.38. The fourth-order valence-electron chi connectivity index (χ4n) is 3.40. The first-order valence-corrected chi connectivity index (χ1v) is 8.40. The van der Waals surface area contributed by atoms with Gasteiger partial charge in [0.15, 0.2) is 5.82 Å². The van der Waals surface area contributed by atoms with E-state index in [4.69, 9.17) is 4.52 Å². The van der Waals surface area contributed by atoms with Crippen LogP contribution in [-0.4, -0.2) is 46.6 Å². The van der Waals surface area contributed by atoms with E-state index in [-0.39, 0.29) is 18.0 Å². The van der Waals surface area contributed by atoms with Gasteiger partial charge in [-0.1, -0.05) is 5.16 Å². The van der Waals surface area contributed by atoms with Gasteiger partial charge in [-0.3, -0.25) is 9.69 Å². The van der Waals surface area contributed by atoms with Gasteiger partial charge in [0.1, 0.15) is 0 Å². The monoisotopic (exact) mass is 341 g/mol. The molecule has 0 aliphatic carbocycles. The Morgan fingerprint density at radius 1 is 1.28 bits per heavy atom. The third-order valence-corrected chi connectivity index (χ3v) is 4.64. The van der Waals surface area contributed by atoms with Gasteiger partial charge < -0.3 is 14.7 Å². The summed E-state index contributed by atoms with van der Waals surface area (Å²) < 4.78 is 5.05. The van der Waals surface area contributed by atoms with Gasteiger partial charge >= 0.3 is 6.03 Å². The summed E-state index contributed by atoms with van der Waals surface area (Å²) in [6.45, 7) is 3.69. The lowest BCUT2D eigenvalue weighted by molar-refractivity contribution is 0.0728. The number of anilines is 1.